The molecule has 0 saturated carbocycles. The van der Waals surface area contributed by atoms with Crippen molar-refractivity contribution in [2.45, 2.75) is 31.3 Å². The summed E-state index contributed by atoms with van der Waals surface area (Å²) in [6.07, 6.45) is 0.421. The van der Waals surface area contributed by atoms with Gasteiger partial charge < -0.3 is 19.7 Å². The Balaban J connectivity index is 1.54. The van der Waals surface area contributed by atoms with Crippen molar-refractivity contribution >= 4 is 28.4 Å². The van der Waals surface area contributed by atoms with Gasteiger partial charge in [-0.3, -0.25) is 9.69 Å². The first-order chi connectivity index (χ1) is 15.5. The highest BCUT2D eigenvalue weighted by atomic mass is 35.5. The van der Waals surface area contributed by atoms with Crippen LogP contribution in [0.25, 0.3) is 10.9 Å². The van der Waals surface area contributed by atoms with Crippen LogP contribution in [0.5, 0.6) is 5.75 Å². The number of nitrogens with zero attached hydrogens (tertiary/aromatic N) is 2. The molecule has 3 heterocycles. The number of aromatic amines is 1. The van der Waals surface area contributed by atoms with Crippen LogP contribution in [-0.4, -0.2) is 59.1 Å². The number of aliphatic hydroxyl groups is 1. The first-order valence-electron chi connectivity index (χ1n) is 11.0. The van der Waals surface area contributed by atoms with Gasteiger partial charge in [0, 0.05) is 65.7 Å². The molecule has 1 aromatic heterocycles. The maximum Gasteiger partial charge on any atom is 0.222 e. The molecular weight excluding hydrogens is 426 g/mol. The molecule has 2 aliphatic rings. The summed E-state index contributed by atoms with van der Waals surface area (Å²) in [5.74, 6) is 0.853. The highest BCUT2D eigenvalue weighted by molar-refractivity contribution is 6.30. The van der Waals surface area contributed by atoms with E-state index in [-0.39, 0.29) is 24.0 Å². The third kappa shape index (κ3) is 3.38. The van der Waals surface area contributed by atoms with Gasteiger partial charge in [-0.25, -0.2) is 0 Å². The zero-order chi connectivity index (χ0) is 22.5. The minimum Gasteiger partial charge on any atom is -0.497 e. The molecular formula is C25H28ClN3O3. The number of rotatable bonds is 5. The third-order valence-corrected chi connectivity index (χ3v) is 7.17. The average Bonchev–Trinajstić information content (AvgIpc) is 3.17. The highest BCUT2D eigenvalue weighted by Crippen LogP contribution is 2.49. The van der Waals surface area contributed by atoms with Crippen molar-refractivity contribution in [3.05, 3.63) is 64.3 Å². The molecule has 2 aliphatic heterocycles. The van der Waals surface area contributed by atoms with E-state index in [2.05, 4.69) is 28.1 Å². The smallest absolute Gasteiger partial charge is 0.222 e. The molecule has 168 valence electrons. The number of methoxy groups -OCH3 is 1. The number of benzene rings is 2. The van der Waals surface area contributed by atoms with Crippen LogP contribution in [0.15, 0.2) is 42.5 Å². The summed E-state index contributed by atoms with van der Waals surface area (Å²) in [5.41, 5.74) is 4.23. The maximum absolute atomic E-state index is 12.8. The van der Waals surface area contributed by atoms with E-state index in [0.29, 0.717) is 13.0 Å². The number of hydrogen-bond donors (Lipinski definition) is 2. The van der Waals surface area contributed by atoms with E-state index in [0.717, 1.165) is 47.0 Å². The van der Waals surface area contributed by atoms with E-state index in [9.17, 15) is 9.90 Å². The third-order valence-electron chi connectivity index (χ3n) is 6.92. The molecule has 0 aliphatic carbocycles. The molecule has 0 radical (unpaired) electrons. The molecule has 3 aromatic rings. The fraction of sp³-hybridized carbons (Fsp3) is 0.400. The van der Waals surface area contributed by atoms with E-state index in [1.165, 1.54) is 11.1 Å². The van der Waals surface area contributed by atoms with Gasteiger partial charge in [0.15, 0.2) is 0 Å². The minimum absolute atomic E-state index is 0.0708. The molecule has 2 aromatic carbocycles. The van der Waals surface area contributed by atoms with E-state index in [1.54, 1.807) is 7.11 Å². The number of carbonyl (C=O) groups excluding carboxylic acids is 1. The van der Waals surface area contributed by atoms with Gasteiger partial charge in [-0.05, 0) is 35.4 Å². The Kier molecular flexibility index (Phi) is 5.40. The van der Waals surface area contributed by atoms with Crippen molar-refractivity contribution in [1.29, 1.82) is 0 Å². The Bertz CT molecular complexity index is 1150. The molecule has 1 atom stereocenters. The van der Waals surface area contributed by atoms with Crippen molar-refractivity contribution in [3.63, 3.8) is 0 Å². The number of halogens is 1. The molecule has 1 spiro atoms. The lowest BCUT2D eigenvalue weighted by Crippen LogP contribution is -2.66. The summed E-state index contributed by atoms with van der Waals surface area (Å²) >= 11 is 6.04. The van der Waals surface area contributed by atoms with Gasteiger partial charge in [0.2, 0.25) is 5.91 Å². The van der Waals surface area contributed by atoms with Gasteiger partial charge in [-0.1, -0.05) is 30.7 Å². The summed E-state index contributed by atoms with van der Waals surface area (Å²) < 4.78 is 5.42. The molecule has 0 bridgehead atoms. The first-order valence-corrected chi connectivity index (χ1v) is 11.4. The SMILES string of the molecule is CCC(=O)N1CC2(CN(Cc3ccc(Cl)cc3)C2)c2c([nH]c3cc(OC)ccc23)[C@@H]1CO. The van der Waals surface area contributed by atoms with Crippen molar-refractivity contribution in [2.75, 3.05) is 33.4 Å². The van der Waals surface area contributed by atoms with E-state index >= 15 is 0 Å². The molecule has 1 saturated heterocycles. The normalized spacial score (nSPS) is 19.8. The van der Waals surface area contributed by atoms with Crippen LogP contribution in [0.2, 0.25) is 5.02 Å². The number of fused-ring (bicyclic) bond motifs is 4. The molecule has 1 amide bonds. The molecule has 1 fully saturated rings. The quantitative estimate of drug-likeness (QED) is 0.615. The summed E-state index contributed by atoms with van der Waals surface area (Å²) in [4.78, 5) is 20.7. The fourth-order valence-corrected chi connectivity index (χ4v) is 5.63. The van der Waals surface area contributed by atoms with Crippen molar-refractivity contribution in [2.24, 2.45) is 0 Å². The molecule has 5 rings (SSSR count). The van der Waals surface area contributed by atoms with E-state index < -0.39 is 0 Å². The van der Waals surface area contributed by atoms with Crippen LogP contribution in [0.3, 0.4) is 0 Å². The number of hydrogen-bond acceptors (Lipinski definition) is 4. The summed E-state index contributed by atoms with van der Waals surface area (Å²) in [5, 5.41) is 12.1. The lowest BCUT2D eigenvalue weighted by Gasteiger charge is -2.56. The number of likely N-dealkylation sites (tertiary alicyclic amines) is 1. The summed E-state index contributed by atoms with van der Waals surface area (Å²) in [6.45, 7) is 4.94. The Morgan fingerprint density at radius 1 is 1.22 bits per heavy atom. The predicted octanol–water partition coefficient (Wildman–Crippen LogP) is 3.87. The van der Waals surface area contributed by atoms with Crippen molar-refractivity contribution in [3.8, 4) is 5.75 Å². The Morgan fingerprint density at radius 2 is 1.97 bits per heavy atom. The topological polar surface area (TPSA) is 68.8 Å². The fourth-order valence-electron chi connectivity index (χ4n) is 5.50. The van der Waals surface area contributed by atoms with Gasteiger partial charge in [-0.15, -0.1) is 0 Å². The number of ether oxygens (including phenoxy) is 1. The van der Waals surface area contributed by atoms with Crippen LogP contribution in [0.4, 0.5) is 0 Å². The predicted molar refractivity (Wildman–Crippen MR) is 125 cm³/mol. The molecule has 7 heteroatoms. The number of aromatic nitrogens is 1. The van der Waals surface area contributed by atoms with Crippen LogP contribution in [-0.2, 0) is 16.8 Å². The van der Waals surface area contributed by atoms with Crippen LogP contribution < -0.4 is 4.74 Å². The summed E-state index contributed by atoms with van der Waals surface area (Å²) in [7, 11) is 1.66. The minimum atomic E-state index is -0.355. The molecule has 2 N–H and O–H groups in total. The van der Waals surface area contributed by atoms with Gasteiger partial charge in [0.1, 0.15) is 5.75 Å². The lowest BCUT2D eigenvalue weighted by atomic mass is 9.68. The van der Waals surface area contributed by atoms with Crippen LogP contribution >= 0.6 is 11.6 Å². The van der Waals surface area contributed by atoms with E-state index in [1.807, 2.05) is 36.1 Å². The van der Waals surface area contributed by atoms with Crippen molar-refractivity contribution < 1.29 is 14.6 Å². The van der Waals surface area contributed by atoms with Crippen LogP contribution in [0, 0.1) is 0 Å². The number of amides is 1. The standard InChI is InChI=1S/C25H28ClN3O3/c1-3-22(31)29-15-25(13-28(14-25)11-16-4-6-17(26)7-5-16)23-19-9-8-18(32-2)10-20(19)27-24(23)21(29)12-30/h4-10,21,27,30H,3,11-15H2,1-2H3/t21-/m0/s1. The summed E-state index contributed by atoms with van der Waals surface area (Å²) in [6, 6.07) is 13.7. The molecule has 32 heavy (non-hydrogen) atoms. The zero-order valence-electron chi connectivity index (χ0n) is 18.4. The second kappa shape index (κ2) is 8.10. The monoisotopic (exact) mass is 453 g/mol. The number of H-pyrrole nitrogens is 1. The van der Waals surface area contributed by atoms with E-state index in [4.69, 9.17) is 16.3 Å². The molecule has 0 unspecified atom stereocenters. The van der Waals surface area contributed by atoms with Gasteiger partial charge >= 0.3 is 0 Å². The Morgan fingerprint density at radius 3 is 2.62 bits per heavy atom. The van der Waals surface area contributed by atoms with Crippen LogP contribution in [0.1, 0.15) is 36.2 Å². The second-order valence-electron chi connectivity index (χ2n) is 8.95. The zero-order valence-corrected chi connectivity index (χ0v) is 19.2. The van der Waals surface area contributed by atoms with Gasteiger partial charge in [0.05, 0.1) is 19.8 Å². The maximum atomic E-state index is 12.8. The number of nitrogens with one attached hydrogen (secondary N) is 1. The largest absolute Gasteiger partial charge is 0.497 e. The number of aliphatic hydroxyl groups excluding tert-OH is 1. The van der Waals surface area contributed by atoms with Gasteiger partial charge in [-0.2, -0.15) is 0 Å². The lowest BCUT2D eigenvalue weighted by molar-refractivity contribution is -0.138. The second-order valence-corrected chi connectivity index (χ2v) is 9.39. The first kappa shape index (κ1) is 21.3. The van der Waals surface area contributed by atoms with Gasteiger partial charge in [0.25, 0.3) is 0 Å². The van der Waals surface area contributed by atoms with Crippen molar-refractivity contribution in [1.82, 2.24) is 14.8 Å². The Hall–Kier alpha value is -2.54. The highest BCUT2D eigenvalue weighted by Gasteiger charge is 2.53. The molecule has 6 nitrogen and oxygen atoms in total. The Labute approximate surface area is 192 Å². The number of carbonyl (C=O) groups is 1. The average molecular weight is 454 g/mol.